The zero-order valence-corrected chi connectivity index (χ0v) is 14.8. The van der Waals surface area contributed by atoms with E-state index in [4.69, 9.17) is 0 Å². The predicted molar refractivity (Wildman–Crippen MR) is 101 cm³/mol. The number of H-pyrrole nitrogens is 1. The number of carbonyl (C=O) groups is 1. The third-order valence-corrected chi connectivity index (χ3v) is 4.52. The molecule has 26 heavy (non-hydrogen) atoms. The lowest BCUT2D eigenvalue weighted by Gasteiger charge is -2.06. The lowest BCUT2D eigenvalue weighted by Crippen LogP contribution is -2.25. The van der Waals surface area contributed by atoms with Crippen molar-refractivity contribution in [2.24, 2.45) is 0 Å². The molecule has 0 saturated carbocycles. The first-order valence-corrected chi connectivity index (χ1v) is 9.10. The zero-order valence-electron chi connectivity index (χ0n) is 14.0. The van der Waals surface area contributed by atoms with Crippen molar-refractivity contribution in [1.29, 1.82) is 0 Å². The molecule has 3 aromatic rings. The third-order valence-electron chi connectivity index (χ3n) is 3.57. The molecule has 0 saturated heterocycles. The third kappa shape index (κ3) is 5.56. The van der Waals surface area contributed by atoms with Crippen LogP contribution in [0.15, 0.2) is 70.9 Å². The molecule has 7 heteroatoms. The number of aromatic amines is 1. The van der Waals surface area contributed by atoms with Gasteiger partial charge < -0.3 is 10.3 Å². The Bertz CT molecular complexity index is 914. The van der Waals surface area contributed by atoms with Gasteiger partial charge in [-0.1, -0.05) is 42.1 Å². The molecule has 2 heterocycles. The Morgan fingerprint density at radius 3 is 2.62 bits per heavy atom. The van der Waals surface area contributed by atoms with Gasteiger partial charge in [-0.3, -0.25) is 14.6 Å². The molecule has 2 N–H and O–H groups in total. The monoisotopic (exact) mass is 366 g/mol. The smallest absolute Gasteiger partial charge is 0.251 e. The molecular formula is C19H18N4O2S. The topological polar surface area (TPSA) is 87.7 Å². The summed E-state index contributed by atoms with van der Waals surface area (Å²) >= 11 is 1.43. The molecule has 3 rings (SSSR count). The van der Waals surface area contributed by atoms with Crippen LogP contribution in [0.3, 0.4) is 0 Å². The van der Waals surface area contributed by atoms with E-state index in [1.54, 1.807) is 12.4 Å². The normalized spacial score (nSPS) is 10.5. The molecule has 0 aliphatic rings. The van der Waals surface area contributed by atoms with Crippen molar-refractivity contribution >= 4 is 17.7 Å². The van der Waals surface area contributed by atoms with E-state index in [9.17, 15) is 9.59 Å². The van der Waals surface area contributed by atoms with Gasteiger partial charge in [0.15, 0.2) is 5.16 Å². The molecule has 0 radical (unpaired) electrons. The van der Waals surface area contributed by atoms with Crippen LogP contribution in [-0.2, 0) is 23.5 Å². The van der Waals surface area contributed by atoms with Crippen molar-refractivity contribution in [1.82, 2.24) is 20.3 Å². The Hall–Kier alpha value is -2.93. The Labute approximate surface area is 155 Å². The standard InChI is InChI=1S/C19H18N4O2S/c24-17(21-12-14-6-8-20-9-7-14)10-16-11-18(25)23-19(22-16)26-13-15-4-2-1-3-5-15/h1-9,11H,10,12-13H2,(H,21,24)(H,22,23,25). The number of hydrogen-bond acceptors (Lipinski definition) is 5. The first-order chi connectivity index (χ1) is 12.7. The average Bonchev–Trinajstić information content (AvgIpc) is 2.66. The average molecular weight is 366 g/mol. The van der Waals surface area contributed by atoms with Gasteiger partial charge in [-0.05, 0) is 23.3 Å². The van der Waals surface area contributed by atoms with E-state index >= 15 is 0 Å². The van der Waals surface area contributed by atoms with Crippen LogP contribution in [0.4, 0.5) is 0 Å². The molecule has 0 bridgehead atoms. The number of carbonyl (C=O) groups excluding carboxylic acids is 1. The van der Waals surface area contributed by atoms with Crippen molar-refractivity contribution in [3.05, 3.63) is 88.1 Å². The fraction of sp³-hybridized carbons (Fsp3) is 0.158. The molecule has 0 aliphatic heterocycles. The van der Waals surface area contributed by atoms with Crippen molar-refractivity contribution in [3.8, 4) is 0 Å². The quantitative estimate of drug-likeness (QED) is 0.495. The number of rotatable bonds is 7. The van der Waals surface area contributed by atoms with Gasteiger partial charge in [-0.25, -0.2) is 4.98 Å². The SMILES string of the molecule is O=C(Cc1cc(=O)[nH]c(SCc2ccccc2)n1)NCc1ccncc1. The van der Waals surface area contributed by atoms with Crippen LogP contribution in [0.2, 0.25) is 0 Å². The molecule has 6 nitrogen and oxygen atoms in total. The van der Waals surface area contributed by atoms with Crippen LogP contribution in [0, 0.1) is 0 Å². The highest BCUT2D eigenvalue weighted by Crippen LogP contribution is 2.18. The Morgan fingerprint density at radius 2 is 1.85 bits per heavy atom. The van der Waals surface area contributed by atoms with Crippen LogP contribution in [0.1, 0.15) is 16.8 Å². The number of pyridine rings is 1. The second kappa shape index (κ2) is 8.96. The van der Waals surface area contributed by atoms with Gasteiger partial charge in [-0.2, -0.15) is 0 Å². The maximum Gasteiger partial charge on any atom is 0.251 e. The van der Waals surface area contributed by atoms with E-state index < -0.39 is 0 Å². The summed E-state index contributed by atoms with van der Waals surface area (Å²) in [5.41, 5.74) is 2.30. The Kier molecular flexibility index (Phi) is 6.16. The van der Waals surface area contributed by atoms with Crippen molar-refractivity contribution in [3.63, 3.8) is 0 Å². The number of nitrogens with one attached hydrogen (secondary N) is 2. The summed E-state index contributed by atoms with van der Waals surface area (Å²) in [6.45, 7) is 0.417. The van der Waals surface area contributed by atoms with E-state index in [2.05, 4.69) is 20.3 Å². The summed E-state index contributed by atoms with van der Waals surface area (Å²) in [6.07, 6.45) is 3.42. The van der Waals surface area contributed by atoms with Crippen molar-refractivity contribution in [2.75, 3.05) is 0 Å². The van der Waals surface area contributed by atoms with Gasteiger partial charge in [0.2, 0.25) is 5.91 Å². The number of benzene rings is 1. The maximum atomic E-state index is 12.1. The fourth-order valence-corrected chi connectivity index (χ4v) is 3.15. The summed E-state index contributed by atoms with van der Waals surface area (Å²) in [4.78, 5) is 35.0. The summed E-state index contributed by atoms with van der Waals surface area (Å²) in [6, 6.07) is 15.0. The summed E-state index contributed by atoms with van der Waals surface area (Å²) in [5.74, 6) is 0.514. The van der Waals surface area contributed by atoms with Gasteiger partial charge >= 0.3 is 0 Å². The minimum atomic E-state index is -0.257. The number of thioether (sulfide) groups is 1. The van der Waals surface area contributed by atoms with E-state index in [0.717, 1.165) is 11.1 Å². The number of nitrogens with zero attached hydrogens (tertiary/aromatic N) is 2. The number of hydrogen-bond donors (Lipinski definition) is 2. The van der Waals surface area contributed by atoms with Crippen LogP contribution in [-0.4, -0.2) is 20.9 Å². The molecule has 0 atom stereocenters. The highest BCUT2D eigenvalue weighted by molar-refractivity contribution is 7.98. The Balaban J connectivity index is 1.58. The van der Waals surface area contributed by atoms with E-state index in [-0.39, 0.29) is 17.9 Å². The Morgan fingerprint density at radius 1 is 1.08 bits per heavy atom. The van der Waals surface area contributed by atoms with Crippen molar-refractivity contribution < 1.29 is 4.79 Å². The molecule has 2 aromatic heterocycles. The number of aromatic nitrogens is 3. The summed E-state index contributed by atoms with van der Waals surface area (Å²) < 4.78 is 0. The minimum Gasteiger partial charge on any atom is -0.352 e. The molecule has 132 valence electrons. The first kappa shape index (κ1) is 17.9. The van der Waals surface area contributed by atoms with Gasteiger partial charge in [-0.15, -0.1) is 0 Å². The van der Waals surface area contributed by atoms with Gasteiger partial charge in [0, 0.05) is 30.8 Å². The molecule has 0 unspecified atom stereocenters. The summed E-state index contributed by atoms with van der Waals surface area (Å²) in [7, 11) is 0. The molecule has 1 aromatic carbocycles. The first-order valence-electron chi connectivity index (χ1n) is 8.11. The predicted octanol–water partition coefficient (Wildman–Crippen LogP) is 2.32. The second-order valence-electron chi connectivity index (χ2n) is 5.63. The van der Waals surface area contributed by atoms with Gasteiger partial charge in [0.05, 0.1) is 12.1 Å². The van der Waals surface area contributed by atoms with Gasteiger partial charge in [0.25, 0.3) is 5.56 Å². The van der Waals surface area contributed by atoms with Crippen LogP contribution >= 0.6 is 11.8 Å². The largest absolute Gasteiger partial charge is 0.352 e. The lowest BCUT2D eigenvalue weighted by atomic mass is 10.2. The second-order valence-corrected chi connectivity index (χ2v) is 6.59. The summed E-state index contributed by atoms with van der Waals surface area (Å²) in [5, 5.41) is 3.33. The van der Waals surface area contributed by atoms with E-state index in [1.807, 2.05) is 42.5 Å². The van der Waals surface area contributed by atoms with Crippen LogP contribution in [0.25, 0.3) is 0 Å². The van der Waals surface area contributed by atoms with Gasteiger partial charge in [0.1, 0.15) is 0 Å². The fourth-order valence-electron chi connectivity index (χ4n) is 2.30. The highest BCUT2D eigenvalue weighted by Gasteiger charge is 2.08. The minimum absolute atomic E-state index is 0.0634. The van der Waals surface area contributed by atoms with E-state index in [0.29, 0.717) is 23.1 Å². The van der Waals surface area contributed by atoms with Crippen LogP contribution < -0.4 is 10.9 Å². The molecule has 1 amide bonds. The van der Waals surface area contributed by atoms with Crippen LogP contribution in [0.5, 0.6) is 0 Å². The molecule has 0 aliphatic carbocycles. The molecule has 0 spiro atoms. The molecular weight excluding hydrogens is 348 g/mol. The molecule has 0 fully saturated rings. The van der Waals surface area contributed by atoms with Crippen molar-refractivity contribution in [2.45, 2.75) is 23.9 Å². The number of amides is 1. The maximum absolute atomic E-state index is 12.1. The zero-order chi connectivity index (χ0) is 18.2. The lowest BCUT2D eigenvalue weighted by molar-refractivity contribution is -0.120. The van der Waals surface area contributed by atoms with E-state index in [1.165, 1.54) is 17.8 Å². The highest BCUT2D eigenvalue weighted by atomic mass is 32.2.